The molecule has 1 aromatic carbocycles. The molecule has 0 saturated carbocycles. The summed E-state index contributed by atoms with van der Waals surface area (Å²) >= 11 is 0. The van der Waals surface area contributed by atoms with Crippen LogP contribution < -0.4 is 5.43 Å². The fourth-order valence-electron chi connectivity index (χ4n) is 2.20. The van der Waals surface area contributed by atoms with Crippen LogP contribution in [0.5, 0.6) is 11.5 Å². The van der Waals surface area contributed by atoms with Crippen LogP contribution in [0.1, 0.15) is 12.0 Å². The summed E-state index contributed by atoms with van der Waals surface area (Å²) in [5, 5.41) is 22.6. The van der Waals surface area contributed by atoms with Crippen molar-refractivity contribution in [3.05, 3.63) is 23.8 Å². The van der Waals surface area contributed by atoms with Gasteiger partial charge in [0.05, 0.1) is 6.21 Å². The number of benzene rings is 1. The first-order valence-corrected chi connectivity index (χ1v) is 7.29. The summed E-state index contributed by atoms with van der Waals surface area (Å²) < 4.78 is 0. The minimum absolute atomic E-state index is 0.0223. The quantitative estimate of drug-likeness (QED) is 0.534. The highest BCUT2D eigenvalue weighted by Crippen LogP contribution is 2.20. The first-order chi connectivity index (χ1) is 10.5. The molecule has 0 aromatic heterocycles. The number of carbonyl (C=O) groups is 1. The Kier molecular flexibility index (Phi) is 5.74. The standard InChI is InChI=1S/C15H22N4O3/c1-18-6-8-19(9-7-18)5-4-15(22)17-16-11-12-2-3-13(20)10-14(12)21/h2-3,10-11,20-21H,4-9H2,1H3,(H,17,22)/b16-11-. The summed E-state index contributed by atoms with van der Waals surface area (Å²) in [4.78, 5) is 16.2. The molecule has 7 heteroatoms. The van der Waals surface area contributed by atoms with E-state index in [1.54, 1.807) is 0 Å². The summed E-state index contributed by atoms with van der Waals surface area (Å²) in [6.07, 6.45) is 1.74. The Morgan fingerprint density at radius 3 is 2.73 bits per heavy atom. The van der Waals surface area contributed by atoms with Crippen molar-refractivity contribution >= 4 is 12.1 Å². The van der Waals surface area contributed by atoms with Crippen molar-refractivity contribution in [3.8, 4) is 11.5 Å². The maximum Gasteiger partial charge on any atom is 0.241 e. The monoisotopic (exact) mass is 306 g/mol. The molecule has 7 nitrogen and oxygen atoms in total. The van der Waals surface area contributed by atoms with E-state index in [2.05, 4.69) is 27.4 Å². The lowest BCUT2D eigenvalue weighted by molar-refractivity contribution is -0.121. The topological polar surface area (TPSA) is 88.4 Å². The van der Waals surface area contributed by atoms with E-state index in [4.69, 9.17) is 0 Å². The van der Waals surface area contributed by atoms with Crippen molar-refractivity contribution < 1.29 is 15.0 Å². The number of nitrogens with zero attached hydrogens (tertiary/aromatic N) is 3. The van der Waals surface area contributed by atoms with Crippen LogP contribution in [0.2, 0.25) is 0 Å². The van der Waals surface area contributed by atoms with Gasteiger partial charge in [-0.2, -0.15) is 5.10 Å². The summed E-state index contributed by atoms with van der Waals surface area (Å²) in [5.74, 6) is -0.269. The van der Waals surface area contributed by atoms with Crippen LogP contribution in [0, 0.1) is 0 Å². The lowest BCUT2D eigenvalue weighted by Crippen LogP contribution is -2.45. The van der Waals surface area contributed by atoms with Gasteiger partial charge in [0.15, 0.2) is 0 Å². The molecule has 22 heavy (non-hydrogen) atoms. The minimum atomic E-state index is -0.159. The number of likely N-dealkylation sites (N-methyl/N-ethyl adjacent to an activating group) is 1. The van der Waals surface area contributed by atoms with E-state index in [0.717, 1.165) is 32.7 Å². The second-order valence-electron chi connectivity index (χ2n) is 5.43. The number of hydrogen-bond acceptors (Lipinski definition) is 6. The molecule has 0 aliphatic carbocycles. The van der Waals surface area contributed by atoms with Crippen LogP contribution >= 0.6 is 0 Å². The predicted octanol–water partition coefficient (Wildman–Crippen LogP) is 0.185. The second-order valence-corrected chi connectivity index (χ2v) is 5.43. The zero-order chi connectivity index (χ0) is 15.9. The van der Waals surface area contributed by atoms with E-state index in [0.29, 0.717) is 12.0 Å². The molecule has 1 amide bonds. The predicted molar refractivity (Wildman–Crippen MR) is 84.1 cm³/mol. The SMILES string of the molecule is CN1CCN(CCC(=O)N/N=C\c2ccc(O)cc2O)CC1. The molecule has 1 aliphatic heterocycles. The van der Waals surface area contributed by atoms with Crippen molar-refractivity contribution in [1.82, 2.24) is 15.2 Å². The number of phenols is 2. The number of hydrazone groups is 1. The molecule has 1 heterocycles. The van der Waals surface area contributed by atoms with Gasteiger partial charge in [-0.15, -0.1) is 0 Å². The van der Waals surface area contributed by atoms with Crippen molar-refractivity contribution in [2.75, 3.05) is 39.8 Å². The molecule has 1 aliphatic rings. The van der Waals surface area contributed by atoms with Gasteiger partial charge in [0.1, 0.15) is 11.5 Å². The van der Waals surface area contributed by atoms with Crippen LogP contribution in [-0.4, -0.2) is 71.9 Å². The minimum Gasteiger partial charge on any atom is -0.508 e. The van der Waals surface area contributed by atoms with E-state index in [1.165, 1.54) is 24.4 Å². The summed E-state index contributed by atoms with van der Waals surface area (Å²) in [6, 6.07) is 4.18. The van der Waals surface area contributed by atoms with E-state index < -0.39 is 0 Å². The van der Waals surface area contributed by atoms with Gasteiger partial charge in [0.25, 0.3) is 0 Å². The number of hydrogen-bond donors (Lipinski definition) is 3. The van der Waals surface area contributed by atoms with Gasteiger partial charge >= 0.3 is 0 Å². The van der Waals surface area contributed by atoms with Gasteiger partial charge < -0.3 is 20.0 Å². The first-order valence-electron chi connectivity index (χ1n) is 7.29. The third-order valence-electron chi connectivity index (χ3n) is 3.66. The number of carbonyl (C=O) groups excluding carboxylic acids is 1. The molecular formula is C15H22N4O3. The van der Waals surface area contributed by atoms with Crippen LogP contribution in [0.3, 0.4) is 0 Å². The molecule has 3 N–H and O–H groups in total. The lowest BCUT2D eigenvalue weighted by Gasteiger charge is -2.32. The highest BCUT2D eigenvalue weighted by atomic mass is 16.3. The summed E-state index contributed by atoms with van der Waals surface area (Å²) in [7, 11) is 2.09. The van der Waals surface area contributed by atoms with Crippen LogP contribution in [-0.2, 0) is 4.79 Å². The highest BCUT2D eigenvalue weighted by Gasteiger charge is 2.14. The number of amides is 1. The highest BCUT2D eigenvalue weighted by molar-refractivity contribution is 5.85. The van der Waals surface area contributed by atoms with E-state index in [1.807, 2.05) is 0 Å². The zero-order valence-corrected chi connectivity index (χ0v) is 12.7. The molecule has 0 radical (unpaired) electrons. The van der Waals surface area contributed by atoms with E-state index in [-0.39, 0.29) is 17.4 Å². The number of aromatic hydroxyl groups is 2. The molecule has 0 atom stereocenters. The Bertz CT molecular complexity index is 540. The molecule has 1 fully saturated rings. The molecule has 0 unspecified atom stereocenters. The normalized spacial score (nSPS) is 17.0. The Hall–Kier alpha value is -2.12. The largest absolute Gasteiger partial charge is 0.508 e. The fourth-order valence-corrected chi connectivity index (χ4v) is 2.20. The number of rotatable bonds is 5. The molecule has 0 bridgehead atoms. The average molecular weight is 306 g/mol. The van der Waals surface area contributed by atoms with Crippen molar-refractivity contribution in [2.24, 2.45) is 5.10 Å². The zero-order valence-electron chi connectivity index (χ0n) is 12.7. The maximum absolute atomic E-state index is 11.7. The number of piperazine rings is 1. The molecule has 2 rings (SSSR count). The third kappa shape index (κ3) is 5.01. The Labute approximate surface area is 129 Å². The van der Waals surface area contributed by atoms with E-state index in [9.17, 15) is 15.0 Å². The van der Waals surface area contributed by atoms with Gasteiger partial charge in [0.2, 0.25) is 5.91 Å². The number of phenolic OH excluding ortho intramolecular Hbond substituents is 2. The van der Waals surface area contributed by atoms with Crippen LogP contribution in [0.25, 0.3) is 0 Å². The summed E-state index contributed by atoms with van der Waals surface area (Å²) in [6.45, 7) is 4.74. The average Bonchev–Trinajstić information content (AvgIpc) is 2.49. The molecule has 1 aromatic rings. The smallest absolute Gasteiger partial charge is 0.241 e. The Balaban J connectivity index is 1.72. The Morgan fingerprint density at radius 1 is 1.32 bits per heavy atom. The van der Waals surface area contributed by atoms with Crippen LogP contribution in [0.4, 0.5) is 0 Å². The number of nitrogens with one attached hydrogen (secondary N) is 1. The van der Waals surface area contributed by atoms with Gasteiger partial charge in [-0.25, -0.2) is 5.43 Å². The lowest BCUT2D eigenvalue weighted by atomic mass is 10.2. The third-order valence-corrected chi connectivity index (χ3v) is 3.66. The Morgan fingerprint density at radius 2 is 2.05 bits per heavy atom. The van der Waals surface area contributed by atoms with Gasteiger partial charge in [0, 0.05) is 50.8 Å². The first kappa shape index (κ1) is 16.3. The van der Waals surface area contributed by atoms with Crippen LogP contribution in [0.15, 0.2) is 23.3 Å². The molecular weight excluding hydrogens is 284 g/mol. The summed E-state index contributed by atoms with van der Waals surface area (Å²) in [5.41, 5.74) is 2.87. The van der Waals surface area contributed by atoms with Gasteiger partial charge in [-0.1, -0.05) is 0 Å². The maximum atomic E-state index is 11.7. The van der Waals surface area contributed by atoms with Gasteiger partial charge in [-0.05, 0) is 19.2 Å². The molecule has 1 saturated heterocycles. The van der Waals surface area contributed by atoms with Crippen molar-refractivity contribution in [3.63, 3.8) is 0 Å². The van der Waals surface area contributed by atoms with E-state index >= 15 is 0 Å². The molecule has 0 spiro atoms. The second kappa shape index (κ2) is 7.77. The van der Waals surface area contributed by atoms with Crippen molar-refractivity contribution in [2.45, 2.75) is 6.42 Å². The molecule has 120 valence electrons. The van der Waals surface area contributed by atoms with Gasteiger partial charge in [-0.3, -0.25) is 4.79 Å². The fraction of sp³-hybridized carbons (Fsp3) is 0.467. The van der Waals surface area contributed by atoms with Crippen molar-refractivity contribution in [1.29, 1.82) is 0 Å².